The molecule has 0 radical (unpaired) electrons. The summed E-state index contributed by atoms with van der Waals surface area (Å²) in [6.07, 6.45) is 0. The van der Waals surface area contributed by atoms with Crippen molar-refractivity contribution in [2.45, 2.75) is 32.4 Å². The van der Waals surface area contributed by atoms with Crippen LogP contribution in [0, 0.1) is 0 Å². The van der Waals surface area contributed by atoms with Crippen LogP contribution in [0.1, 0.15) is 20.8 Å². The molecule has 0 aliphatic carbocycles. The molecule has 3 N–H and O–H groups in total. The second-order valence-corrected chi connectivity index (χ2v) is 6.10. The van der Waals surface area contributed by atoms with Gasteiger partial charge in [-0.05, 0) is 20.8 Å². The van der Waals surface area contributed by atoms with Crippen LogP contribution in [0.25, 0.3) is 0 Å². The van der Waals surface area contributed by atoms with Crippen molar-refractivity contribution in [2.75, 3.05) is 25.2 Å². The summed E-state index contributed by atoms with van der Waals surface area (Å²) in [7, 11) is 0.349. The number of nitrogens with one attached hydrogen (secondary N) is 1. The minimum absolute atomic E-state index is 0.00527. The molecule has 0 fully saturated rings. The molecule has 0 aromatic heterocycles. The Balaban J connectivity index is 3.92. The van der Waals surface area contributed by atoms with Crippen molar-refractivity contribution in [1.29, 1.82) is 0 Å². The first-order chi connectivity index (χ1) is 7.24. The SMILES string of the molecule is COCC(C)NC(=O)CS(=O)CC(C)(C)N. The summed E-state index contributed by atoms with van der Waals surface area (Å²) in [5.74, 6) is 0.0838. The van der Waals surface area contributed by atoms with Crippen molar-refractivity contribution in [3.05, 3.63) is 0 Å². The molecule has 0 heterocycles. The molecule has 16 heavy (non-hydrogen) atoms. The molecule has 6 heteroatoms. The molecule has 0 bridgehead atoms. The van der Waals surface area contributed by atoms with E-state index in [0.717, 1.165) is 0 Å². The zero-order valence-corrected chi connectivity index (χ0v) is 11.2. The molecule has 0 rings (SSSR count). The van der Waals surface area contributed by atoms with Crippen LogP contribution in [0.15, 0.2) is 0 Å². The van der Waals surface area contributed by atoms with E-state index in [2.05, 4.69) is 5.32 Å². The number of carbonyl (C=O) groups is 1. The molecule has 0 aliphatic rings. The highest BCUT2D eigenvalue weighted by Gasteiger charge is 2.18. The molecular formula is C10H22N2O3S. The molecule has 0 aromatic rings. The smallest absolute Gasteiger partial charge is 0.232 e. The van der Waals surface area contributed by atoms with Crippen molar-refractivity contribution in [3.63, 3.8) is 0 Å². The predicted octanol–water partition coefficient (Wildman–Crippen LogP) is -0.376. The highest BCUT2D eigenvalue weighted by Crippen LogP contribution is 1.99. The summed E-state index contributed by atoms with van der Waals surface area (Å²) in [5, 5.41) is 2.70. The summed E-state index contributed by atoms with van der Waals surface area (Å²) in [6, 6.07) is -0.0691. The second-order valence-electron chi connectivity index (χ2n) is 4.64. The van der Waals surface area contributed by atoms with Gasteiger partial charge in [-0.25, -0.2) is 0 Å². The van der Waals surface area contributed by atoms with Gasteiger partial charge < -0.3 is 15.8 Å². The number of rotatable bonds is 7. The number of amides is 1. The molecule has 0 saturated carbocycles. The Morgan fingerprint density at radius 2 is 2.12 bits per heavy atom. The molecule has 0 aromatic carbocycles. The van der Waals surface area contributed by atoms with Gasteiger partial charge in [-0.15, -0.1) is 0 Å². The van der Waals surface area contributed by atoms with Crippen LogP contribution in [0.5, 0.6) is 0 Å². The average molecular weight is 250 g/mol. The number of carbonyl (C=O) groups excluding carboxylic acids is 1. The van der Waals surface area contributed by atoms with Crippen molar-refractivity contribution < 1.29 is 13.7 Å². The Hall–Kier alpha value is -0.460. The van der Waals surface area contributed by atoms with Gasteiger partial charge in [0.15, 0.2) is 0 Å². The van der Waals surface area contributed by atoms with E-state index in [0.29, 0.717) is 12.4 Å². The van der Waals surface area contributed by atoms with Crippen molar-refractivity contribution >= 4 is 16.7 Å². The van der Waals surface area contributed by atoms with E-state index in [1.165, 1.54) is 0 Å². The fourth-order valence-electron chi connectivity index (χ4n) is 1.22. The van der Waals surface area contributed by atoms with Crippen molar-refractivity contribution in [1.82, 2.24) is 5.32 Å². The van der Waals surface area contributed by atoms with E-state index in [-0.39, 0.29) is 17.7 Å². The van der Waals surface area contributed by atoms with E-state index >= 15 is 0 Å². The maximum atomic E-state index is 11.5. The second kappa shape index (κ2) is 6.98. The Labute approximate surface area is 99.6 Å². The summed E-state index contributed by atoms with van der Waals surface area (Å²) in [6.45, 7) is 5.85. The average Bonchev–Trinajstić information content (AvgIpc) is 1.98. The van der Waals surface area contributed by atoms with Crippen molar-refractivity contribution in [2.24, 2.45) is 5.73 Å². The molecule has 1 amide bonds. The first kappa shape index (κ1) is 15.5. The maximum absolute atomic E-state index is 11.5. The van der Waals surface area contributed by atoms with Gasteiger partial charge in [0.05, 0.1) is 6.61 Å². The monoisotopic (exact) mass is 250 g/mol. The number of hydrogen-bond acceptors (Lipinski definition) is 4. The molecule has 0 saturated heterocycles. The fraction of sp³-hybridized carbons (Fsp3) is 0.900. The summed E-state index contributed by atoms with van der Waals surface area (Å²) in [5.41, 5.74) is 5.21. The molecule has 0 aliphatic heterocycles. The Morgan fingerprint density at radius 1 is 1.56 bits per heavy atom. The number of hydrogen-bond donors (Lipinski definition) is 2. The number of nitrogens with two attached hydrogens (primary N) is 1. The molecule has 2 unspecified atom stereocenters. The Kier molecular flexibility index (Phi) is 6.78. The lowest BCUT2D eigenvalue weighted by Gasteiger charge is -2.18. The van der Waals surface area contributed by atoms with E-state index in [4.69, 9.17) is 10.5 Å². The maximum Gasteiger partial charge on any atom is 0.232 e. The van der Waals surface area contributed by atoms with Crippen LogP contribution < -0.4 is 11.1 Å². The summed E-state index contributed by atoms with van der Waals surface area (Å²) >= 11 is 0. The van der Waals surface area contributed by atoms with Gasteiger partial charge in [0, 0.05) is 35.2 Å². The lowest BCUT2D eigenvalue weighted by molar-refractivity contribution is -0.119. The molecule has 96 valence electrons. The van der Waals surface area contributed by atoms with E-state index in [9.17, 15) is 9.00 Å². The third-order valence-electron chi connectivity index (χ3n) is 1.65. The van der Waals surface area contributed by atoms with E-state index in [1.54, 1.807) is 21.0 Å². The van der Waals surface area contributed by atoms with Gasteiger partial charge in [-0.3, -0.25) is 9.00 Å². The highest BCUT2D eigenvalue weighted by molar-refractivity contribution is 7.85. The zero-order chi connectivity index (χ0) is 12.8. The fourth-order valence-corrected chi connectivity index (χ4v) is 2.53. The topological polar surface area (TPSA) is 81.4 Å². The first-order valence-corrected chi connectivity index (χ1v) is 6.65. The highest BCUT2D eigenvalue weighted by atomic mass is 32.2. The number of ether oxygens (including phenoxy) is 1. The third-order valence-corrected chi connectivity index (χ3v) is 3.30. The van der Waals surface area contributed by atoms with Crippen LogP contribution in [0.2, 0.25) is 0 Å². The van der Waals surface area contributed by atoms with Crippen LogP contribution >= 0.6 is 0 Å². The minimum atomic E-state index is -1.22. The number of methoxy groups -OCH3 is 1. The van der Waals surface area contributed by atoms with Crippen LogP contribution in [-0.2, 0) is 20.3 Å². The Bertz CT molecular complexity index is 251. The normalized spacial score (nSPS) is 15.6. The standard InChI is InChI=1S/C10H22N2O3S/c1-8(5-15-4)12-9(13)6-16(14)7-10(2,3)11/h8H,5-7,11H2,1-4H3,(H,12,13). The molecule has 0 spiro atoms. The quantitative estimate of drug-likeness (QED) is 0.645. The van der Waals surface area contributed by atoms with Gasteiger partial charge in [0.25, 0.3) is 0 Å². The molecular weight excluding hydrogens is 228 g/mol. The zero-order valence-electron chi connectivity index (χ0n) is 10.4. The first-order valence-electron chi connectivity index (χ1n) is 5.17. The van der Waals surface area contributed by atoms with E-state index in [1.807, 2.05) is 6.92 Å². The molecule has 2 atom stereocenters. The molecule has 5 nitrogen and oxygen atoms in total. The minimum Gasteiger partial charge on any atom is -0.383 e. The van der Waals surface area contributed by atoms with Crippen LogP contribution in [0.3, 0.4) is 0 Å². The van der Waals surface area contributed by atoms with Gasteiger partial charge in [0.1, 0.15) is 5.75 Å². The summed E-state index contributed by atoms with van der Waals surface area (Å²) in [4.78, 5) is 11.4. The van der Waals surface area contributed by atoms with Crippen molar-refractivity contribution in [3.8, 4) is 0 Å². The van der Waals surface area contributed by atoms with Gasteiger partial charge in [-0.2, -0.15) is 0 Å². The predicted molar refractivity (Wildman–Crippen MR) is 65.6 cm³/mol. The van der Waals surface area contributed by atoms with Crippen LogP contribution in [0.4, 0.5) is 0 Å². The van der Waals surface area contributed by atoms with Crippen LogP contribution in [-0.4, -0.2) is 46.9 Å². The largest absolute Gasteiger partial charge is 0.383 e. The lowest BCUT2D eigenvalue weighted by atomic mass is 10.1. The summed E-state index contributed by atoms with van der Waals surface area (Å²) < 4.78 is 16.4. The lowest BCUT2D eigenvalue weighted by Crippen LogP contribution is -2.42. The van der Waals surface area contributed by atoms with Gasteiger partial charge in [0.2, 0.25) is 5.91 Å². The Morgan fingerprint density at radius 3 is 2.56 bits per heavy atom. The van der Waals surface area contributed by atoms with E-state index < -0.39 is 16.3 Å². The van der Waals surface area contributed by atoms with Gasteiger partial charge >= 0.3 is 0 Å². The van der Waals surface area contributed by atoms with Gasteiger partial charge in [-0.1, -0.05) is 0 Å². The third kappa shape index (κ3) is 8.82.